The molecule has 4 rings (SSSR count). The van der Waals surface area contributed by atoms with Crippen LogP contribution in [0, 0.1) is 13.5 Å². The number of nitrogens with one attached hydrogen (secondary N) is 1. The first-order valence-corrected chi connectivity index (χ1v) is 10.7. The van der Waals surface area contributed by atoms with Gasteiger partial charge >= 0.3 is 6.03 Å². The molecule has 172 valence electrons. The van der Waals surface area contributed by atoms with Crippen molar-refractivity contribution in [1.82, 2.24) is 14.9 Å². The molecule has 1 saturated heterocycles. The van der Waals surface area contributed by atoms with Crippen LogP contribution in [-0.2, 0) is 18.4 Å². The highest BCUT2D eigenvalue weighted by Crippen LogP contribution is 2.37. The quantitative estimate of drug-likeness (QED) is 0.465. The third-order valence-electron chi connectivity index (χ3n) is 5.90. The second kappa shape index (κ2) is 8.48. The van der Waals surface area contributed by atoms with E-state index in [0.717, 1.165) is 10.5 Å². The van der Waals surface area contributed by atoms with Crippen LogP contribution in [0.2, 0.25) is 0 Å². The lowest BCUT2D eigenvalue weighted by Crippen LogP contribution is -2.44. The molecule has 9 heteroatoms. The number of imidazole rings is 1. The number of anilines is 2. The number of hydrogen-bond donors (Lipinski definition) is 1. The van der Waals surface area contributed by atoms with E-state index in [1.807, 2.05) is 0 Å². The van der Waals surface area contributed by atoms with Crippen LogP contribution < -0.4 is 15.1 Å². The van der Waals surface area contributed by atoms with Crippen molar-refractivity contribution < 1.29 is 14.4 Å². The summed E-state index contributed by atoms with van der Waals surface area (Å²) in [6, 6.07) is 11.6. The lowest BCUT2D eigenvalue weighted by Gasteiger charge is -2.27. The Morgan fingerprint density at radius 1 is 1.12 bits per heavy atom. The molecule has 0 radical (unpaired) electrons. The summed E-state index contributed by atoms with van der Waals surface area (Å²) in [5.74, 6) is -0.314. The van der Waals surface area contributed by atoms with Crippen molar-refractivity contribution in [3.63, 3.8) is 0 Å². The summed E-state index contributed by atoms with van der Waals surface area (Å²) in [4.78, 5) is 48.9. The lowest BCUT2D eigenvalue weighted by atomic mass is 10.0. The van der Waals surface area contributed by atoms with Crippen molar-refractivity contribution in [3.05, 3.63) is 83.2 Å². The molecular weight excluding hydrogens is 432 g/mol. The minimum atomic E-state index is -1.10. The summed E-state index contributed by atoms with van der Waals surface area (Å²) in [5.41, 5.74) is 1.91. The first-order valence-electron chi connectivity index (χ1n) is 10.7. The average Bonchev–Trinajstić information content (AvgIpc) is 3.31. The maximum atomic E-state index is 13.4. The first-order chi connectivity index (χ1) is 16.1. The van der Waals surface area contributed by atoms with Crippen molar-refractivity contribution in [3.8, 4) is 0 Å². The molecule has 2 aromatic carbocycles. The number of carbonyl (C=O) groups is 3. The van der Waals surface area contributed by atoms with E-state index in [1.54, 1.807) is 87.2 Å². The highest BCUT2D eigenvalue weighted by Gasteiger charge is 2.52. The molecule has 0 bridgehead atoms. The van der Waals surface area contributed by atoms with Crippen LogP contribution in [0.25, 0.3) is 4.85 Å². The molecule has 1 aliphatic rings. The second-order valence-electron chi connectivity index (χ2n) is 8.61. The Bertz CT molecular complexity index is 1330. The smallest absolute Gasteiger partial charge is 0.336 e. The third-order valence-corrected chi connectivity index (χ3v) is 5.90. The molecule has 0 unspecified atom stereocenters. The van der Waals surface area contributed by atoms with Crippen LogP contribution in [0.4, 0.5) is 21.9 Å². The van der Waals surface area contributed by atoms with Gasteiger partial charge in [0.05, 0.1) is 12.3 Å². The number of hydrogen-bond acceptors (Lipinski definition) is 4. The van der Waals surface area contributed by atoms with Crippen LogP contribution in [0.3, 0.4) is 0 Å². The summed E-state index contributed by atoms with van der Waals surface area (Å²) >= 11 is 0. The van der Waals surface area contributed by atoms with Crippen molar-refractivity contribution in [2.75, 3.05) is 9.80 Å². The summed E-state index contributed by atoms with van der Waals surface area (Å²) in [6.45, 7) is 12.7. The standard InChI is InChI=1S/C25H24N6O3/c1-16-14-19(10-11-20(16)26-4)30-23(33)25(2,3)31(24(30)34)18-8-6-17(7-9-18)15-28-22(32)21-27-12-13-29(21)5/h6-14H,15H2,1-3,5H3,(H,28,32). The summed E-state index contributed by atoms with van der Waals surface area (Å²) in [6.07, 6.45) is 3.26. The molecular formula is C25H24N6O3. The lowest BCUT2D eigenvalue weighted by molar-refractivity contribution is -0.120. The average molecular weight is 457 g/mol. The number of aromatic nitrogens is 2. The van der Waals surface area contributed by atoms with Gasteiger partial charge in [-0.25, -0.2) is 19.5 Å². The van der Waals surface area contributed by atoms with Gasteiger partial charge in [-0.3, -0.25) is 14.5 Å². The largest absolute Gasteiger partial charge is 0.345 e. The Kier molecular flexibility index (Phi) is 5.67. The molecule has 3 aromatic rings. The maximum Gasteiger partial charge on any atom is 0.336 e. The van der Waals surface area contributed by atoms with Crippen molar-refractivity contribution in [2.45, 2.75) is 32.9 Å². The van der Waals surface area contributed by atoms with Crippen LogP contribution in [-0.4, -0.2) is 32.9 Å². The molecule has 1 fully saturated rings. The number of urea groups is 1. The summed E-state index contributed by atoms with van der Waals surface area (Å²) in [7, 11) is 1.75. The number of imide groups is 1. The molecule has 9 nitrogen and oxygen atoms in total. The van der Waals surface area contributed by atoms with Crippen LogP contribution in [0.15, 0.2) is 54.9 Å². The van der Waals surface area contributed by atoms with Crippen molar-refractivity contribution in [1.29, 1.82) is 0 Å². The van der Waals surface area contributed by atoms with E-state index in [9.17, 15) is 14.4 Å². The van der Waals surface area contributed by atoms with Gasteiger partial charge in [-0.15, -0.1) is 0 Å². The summed E-state index contributed by atoms with van der Waals surface area (Å²) in [5, 5.41) is 2.82. The van der Waals surface area contributed by atoms with Crippen LogP contribution in [0.1, 0.15) is 35.6 Å². The van der Waals surface area contributed by atoms with E-state index in [0.29, 0.717) is 35.0 Å². The van der Waals surface area contributed by atoms with Gasteiger partial charge in [0.15, 0.2) is 11.5 Å². The summed E-state index contributed by atoms with van der Waals surface area (Å²) < 4.78 is 1.64. The highest BCUT2D eigenvalue weighted by atomic mass is 16.2. The predicted molar refractivity (Wildman–Crippen MR) is 128 cm³/mol. The van der Waals surface area contributed by atoms with Gasteiger partial charge in [0.25, 0.3) is 11.8 Å². The molecule has 0 saturated carbocycles. The molecule has 34 heavy (non-hydrogen) atoms. The predicted octanol–water partition coefficient (Wildman–Crippen LogP) is 3.96. The topological polar surface area (TPSA) is 91.9 Å². The SMILES string of the molecule is [C-]#[N+]c1ccc(N2C(=O)N(c3ccc(CNC(=O)c4nccn4C)cc3)C(C)(C)C2=O)cc1C. The van der Waals surface area contributed by atoms with Gasteiger partial charge < -0.3 is 9.88 Å². The first kappa shape index (κ1) is 22.7. The zero-order valence-electron chi connectivity index (χ0n) is 19.4. The highest BCUT2D eigenvalue weighted by molar-refractivity contribution is 6.30. The number of rotatable bonds is 5. The van der Waals surface area contributed by atoms with Gasteiger partial charge in [-0.05, 0) is 56.2 Å². The Hall–Kier alpha value is -4.45. The van der Waals surface area contributed by atoms with Gasteiger partial charge in [-0.2, -0.15) is 0 Å². The van der Waals surface area contributed by atoms with E-state index in [4.69, 9.17) is 6.57 Å². The molecule has 0 spiro atoms. The third kappa shape index (κ3) is 3.79. The Labute approximate surface area is 197 Å². The molecule has 4 amide bonds. The van der Waals surface area contributed by atoms with Crippen LogP contribution >= 0.6 is 0 Å². The van der Waals surface area contributed by atoms with Crippen molar-refractivity contribution in [2.24, 2.45) is 7.05 Å². The van der Waals surface area contributed by atoms with Gasteiger partial charge in [0.2, 0.25) is 0 Å². The van der Waals surface area contributed by atoms with E-state index >= 15 is 0 Å². The molecule has 1 aliphatic heterocycles. The van der Waals surface area contributed by atoms with Gasteiger partial charge in [0, 0.05) is 31.7 Å². The van der Waals surface area contributed by atoms with Gasteiger partial charge in [0.1, 0.15) is 5.54 Å². The Morgan fingerprint density at radius 3 is 2.38 bits per heavy atom. The van der Waals surface area contributed by atoms with E-state index in [1.165, 1.54) is 4.90 Å². The van der Waals surface area contributed by atoms with Crippen LogP contribution in [0.5, 0.6) is 0 Å². The Balaban J connectivity index is 1.54. The number of benzene rings is 2. The van der Waals surface area contributed by atoms with E-state index in [2.05, 4.69) is 15.1 Å². The molecule has 1 aromatic heterocycles. The Morgan fingerprint density at radius 2 is 1.79 bits per heavy atom. The normalized spacial score (nSPS) is 14.9. The fourth-order valence-corrected chi connectivity index (χ4v) is 3.97. The second-order valence-corrected chi connectivity index (χ2v) is 8.61. The van der Waals surface area contributed by atoms with Crippen molar-refractivity contribution >= 4 is 34.9 Å². The monoisotopic (exact) mass is 456 g/mol. The fourth-order valence-electron chi connectivity index (χ4n) is 3.97. The minimum absolute atomic E-state index is 0.284. The maximum absolute atomic E-state index is 13.4. The minimum Gasteiger partial charge on any atom is -0.345 e. The number of amides is 4. The van der Waals surface area contributed by atoms with Gasteiger partial charge in [-0.1, -0.05) is 18.2 Å². The molecule has 0 atom stereocenters. The molecule has 0 aliphatic carbocycles. The molecule has 1 N–H and O–H groups in total. The zero-order chi connectivity index (χ0) is 24.6. The van der Waals surface area contributed by atoms with E-state index < -0.39 is 11.6 Å². The van der Waals surface area contributed by atoms with E-state index in [-0.39, 0.29) is 11.8 Å². The number of carbonyl (C=O) groups excluding carboxylic acids is 3. The number of aryl methyl sites for hydroxylation is 2. The number of nitrogens with zero attached hydrogens (tertiary/aromatic N) is 5. The fraction of sp³-hybridized carbons (Fsp3) is 0.240. The zero-order valence-corrected chi connectivity index (χ0v) is 19.4. The molecule has 2 heterocycles.